The van der Waals surface area contributed by atoms with E-state index in [1.54, 1.807) is 25.4 Å². The molecular formula is C14H12N2O2. The molecule has 4 heteroatoms. The van der Waals surface area contributed by atoms with E-state index in [1.165, 1.54) is 0 Å². The molecule has 0 unspecified atom stereocenters. The predicted molar refractivity (Wildman–Crippen MR) is 66.3 cm³/mol. The van der Waals surface area contributed by atoms with Crippen LogP contribution in [0.3, 0.4) is 0 Å². The van der Waals surface area contributed by atoms with Crippen LogP contribution < -0.4 is 9.47 Å². The van der Waals surface area contributed by atoms with E-state index in [9.17, 15) is 0 Å². The highest BCUT2D eigenvalue weighted by Gasteiger charge is 1.99. The number of benzene rings is 1. The standard InChI is InChI=1S/C14H12N2O2/c1-17-13-4-2-3-11(7-13)10-18-14-5-6-16-12(8-14)9-15/h2-8H,10H2,1H3. The van der Waals surface area contributed by atoms with Crippen LogP contribution in [0.15, 0.2) is 42.6 Å². The van der Waals surface area contributed by atoms with E-state index in [0.29, 0.717) is 18.1 Å². The number of hydrogen-bond donors (Lipinski definition) is 0. The summed E-state index contributed by atoms with van der Waals surface area (Å²) in [5.41, 5.74) is 1.35. The Labute approximate surface area is 105 Å². The van der Waals surface area contributed by atoms with E-state index in [4.69, 9.17) is 14.7 Å². The molecule has 1 heterocycles. The van der Waals surface area contributed by atoms with Crippen LogP contribution in [0.25, 0.3) is 0 Å². The monoisotopic (exact) mass is 240 g/mol. The number of hydrogen-bond acceptors (Lipinski definition) is 4. The second kappa shape index (κ2) is 5.69. The van der Waals surface area contributed by atoms with E-state index in [0.717, 1.165) is 11.3 Å². The summed E-state index contributed by atoms with van der Waals surface area (Å²) in [6.07, 6.45) is 1.56. The van der Waals surface area contributed by atoms with Crippen LogP contribution in [-0.2, 0) is 6.61 Å². The zero-order valence-corrected chi connectivity index (χ0v) is 9.96. The minimum atomic E-state index is 0.346. The predicted octanol–water partition coefficient (Wildman–Crippen LogP) is 2.54. The highest BCUT2D eigenvalue weighted by Crippen LogP contribution is 2.16. The number of nitrogens with zero attached hydrogens (tertiary/aromatic N) is 2. The van der Waals surface area contributed by atoms with Crippen LogP contribution in [0.4, 0.5) is 0 Å². The van der Waals surface area contributed by atoms with Crippen molar-refractivity contribution in [1.29, 1.82) is 5.26 Å². The van der Waals surface area contributed by atoms with Crippen LogP contribution in [0.1, 0.15) is 11.3 Å². The average molecular weight is 240 g/mol. The molecule has 18 heavy (non-hydrogen) atoms. The quantitative estimate of drug-likeness (QED) is 0.824. The van der Waals surface area contributed by atoms with Gasteiger partial charge in [-0.3, -0.25) is 0 Å². The number of rotatable bonds is 4. The van der Waals surface area contributed by atoms with Gasteiger partial charge in [0.15, 0.2) is 0 Å². The van der Waals surface area contributed by atoms with Crippen LogP contribution in [0.5, 0.6) is 11.5 Å². The van der Waals surface area contributed by atoms with Crippen molar-refractivity contribution in [2.24, 2.45) is 0 Å². The first kappa shape index (κ1) is 11.9. The fourth-order valence-electron chi connectivity index (χ4n) is 1.49. The lowest BCUT2D eigenvalue weighted by molar-refractivity contribution is 0.304. The second-order valence-corrected chi connectivity index (χ2v) is 3.63. The Morgan fingerprint density at radius 1 is 1.22 bits per heavy atom. The zero-order chi connectivity index (χ0) is 12.8. The third kappa shape index (κ3) is 2.98. The molecule has 0 spiro atoms. The Bertz CT molecular complexity index is 576. The Kier molecular flexibility index (Phi) is 3.77. The first-order valence-electron chi connectivity index (χ1n) is 5.43. The molecular weight excluding hydrogens is 228 g/mol. The average Bonchev–Trinajstić information content (AvgIpc) is 2.45. The van der Waals surface area contributed by atoms with Gasteiger partial charge in [-0.05, 0) is 23.8 Å². The Morgan fingerprint density at radius 3 is 2.89 bits per heavy atom. The lowest BCUT2D eigenvalue weighted by Gasteiger charge is -2.07. The van der Waals surface area contributed by atoms with Crippen molar-refractivity contribution in [3.63, 3.8) is 0 Å². The molecule has 0 aliphatic heterocycles. The van der Waals surface area contributed by atoms with Gasteiger partial charge >= 0.3 is 0 Å². The number of nitriles is 1. The number of ether oxygens (including phenoxy) is 2. The first-order valence-corrected chi connectivity index (χ1v) is 5.43. The van der Waals surface area contributed by atoms with Crippen LogP contribution >= 0.6 is 0 Å². The van der Waals surface area contributed by atoms with E-state index in [2.05, 4.69) is 4.98 Å². The molecule has 0 fully saturated rings. The molecule has 1 aromatic carbocycles. The molecule has 0 bridgehead atoms. The summed E-state index contributed by atoms with van der Waals surface area (Å²) in [7, 11) is 1.63. The Morgan fingerprint density at radius 2 is 2.11 bits per heavy atom. The molecule has 0 saturated heterocycles. The number of methoxy groups -OCH3 is 1. The van der Waals surface area contributed by atoms with Gasteiger partial charge in [0.2, 0.25) is 0 Å². The lowest BCUT2D eigenvalue weighted by atomic mass is 10.2. The maximum Gasteiger partial charge on any atom is 0.144 e. The van der Waals surface area contributed by atoms with E-state index in [-0.39, 0.29) is 0 Å². The van der Waals surface area contributed by atoms with Crippen molar-refractivity contribution in [3.8, 4) is 17.6 Å². The van der Waals surface area contributed by atoms with Crippen molar-refractivity contribution in [1.82, 2.24) is 4.98 Å². The summed E-state index contributed by atoms with van der Waals surface area (Å²) in [6.45, 7) is 0.423. The summed E-state index contributed by atoms with van der Waals surface area (Å²) < 4.78 is 10.7. The molecule has 0 N–H and O–H groups in total. The van der Waals surface area contributed by atoms with Gasteiger partial charge in [-0.1, -0.05) is 12.1 Å². The summed E-state index contributed by atoms with van der Waals surface area (Å²) in [6, 6.07) is 13.0. The van der Waals surface area contributed by atoms with Gasteiger partial charge in [0.25, 0.3) is 0 Å². The van der Waals surface area contributed by atoms with E-state index in [1.807, 2.05) is 30.3 Å². The van der Waals surface area contributed by atoms with Gasteiger partial charge in [0.05, 0.1) is 7.11 Å². The number of aromatic nitrogens is 1. The number of pyridine rings is 1. The highest BCUT2D eigenvalue weighted by molar-refractivity contribution is 5.31. The van der Waals surface area contributed by atoms with Crippen LogP contribution in [-0.4, -0.2) is 12.1 Å². The normalized spacial score (nSPS) is 9.56. The van der Waals surface area contributed by atoms with E-state index >= 15 is 0 Å². The molecule has 2 aromatic rings. The highest BCUT2D eigenvalue weighted by atomic mass is 16.5. The molecule has 0 amide bonds. The molecule has 1 aromatic heterocycles. The largest absolute Gasteiger partial charge is 0.497 e. The van der Waals surface area contributed by atoms with Crippen LogP contribution in [0.2, 0.25) is 0 Å². The molecule has 0 aliphatic carbocycles. The second-order valence-electron chi connectivity index (χ2n) is 3.63. The van der Waals surface area contributed by atoms with Crippen molar-refractivity contribution >= 4 is 0 Å². The minimum absolute atomic E-state index is 0.346. The fourth-order valence-corrected chi connectivity index (χ4v) is 1.49. The SMILES string of the molecule is COc1cccc(COc2ccnc(C#N)c2)c1. The van der Waals surface area contributed by atoms with Crippen molar-refractivity contribution < 1.29 is 9.47 Å². The summed E-state index contributed by atoms with van der Waals surface area (Å²) in [5, 5.41) is 8.73. The maximum absolute atomic E-state index is 8.73. The van der Waals surface area contributed by atoms with Gasteiger partial charge < -0.3 is 9.47 Å². The van der Waals surface area contributed by atoms with Crippen LogP contribution in [0, 0.1) is 11.3 Å². The molecule has 2 rings (SSSR count). The lowest BCUT2D eigenvalue weighted by Crippen LogP contribution is -1.96. The van der Waals surface area contributed by atoms with Gasteiger partial charge in [-0.2, -0.15) is 5.26 Å². The zero-order valence-electron chi connectivity index (χ0n) is 9.96. The molecule has 0 aliphatic rings. The molecule has 90 valence electrons. The van der Waals surface area contributed by atoms with Gasteiger partial charge in [0, 0.05) is 12.3 Å². The first-order chi connectivity index (χ1) is 8.81. The smallest absolute Gasteiger partial charge is 0.144 e. The summed E-state index contributed by atoms with van der Waals surface area (Å²) in [4.78, 5) is 3.88. The van der Waals surface area contributed by atoms with E-state index < -0.39 is 0 Å². The third-order valence-corrected chi connectivity index (χ3v) is 2.39. The fraction of sp³-hybridized carbons (Fsp3) is 0.143. The minimum Gasteiger partial charge on any atom is -0.497 e. The van der Waals surface area contributed by atoms with Crippen molar-refractivity contribution in [3.05, 3.63) is 53.9 Å². The van der Waals surface area contributed by atoms with Gasteiger partial charge in [0.1, 0.15) is 29.9 Å². The topological polar surface area (TPSA) is 55.1 Å². The van der Waals surface area contributed by atoms with Crippen molar-refractivity contribution in [2.45, 2.75) is 6.61 Å². The Balaban J connectivity index is 2.04. The summed E-state index contributed by atoms with van der Waals surface area (Å²) >= 11 is 0. The molecule has 0 saturated carbocycles. The summed E-state index contributed by atoms with van der Waals surface area (Å²) in [5.74, 6) is 1.42. The molecule has 0 atom stereocenters. The maximum atomic E-state index is 8.73. The third-order valence-electron chi connectivity index (χ3n) is 2.39. The molecule has 4 nitrogen and oxygen atoms in total. The Hall–Kier alpha value is -2.54. The van der Waals surface area contributed by atoms with Gasteiger partial charge in [-0.25, -0.2) is 4.98 Å². The van der Waals surface area contributed by atoms with Crippen molar-refractivity contribution in [2.75, 3.05) is 7.11 Å². The molecule has 0 radical (unpaired) electrons. The van der Waals surface area contributed by atoms with Gasteiger partial charge in [-0.15, -0.1) is 0 Å².